The van der Waals surface area contributed by atoms with Gasteiger partial charge in [0.1, 0.15) is 0 Å². The van der Waals surface area contributed by atoms with E-state index in [2.05, 4.69) is 6.92 Å². The molecule has 0 atom stereocenters. The minimum Gasteiger partial charge on any atom is -0.490 e. The molecule has 2 rings (SSSR count). The normalized spacial score (nSPS) is 11.1. The third-order valence-corrected chi connectivity index (χ3v) is 5.02. The first-order valence-electron chi connectivity index (χ1n) is 10.7. The van der Waals surface area contributed by atoms with Crippen molar-refractivity contribution >= 4 is 16.9 Å². The number of hydrogen-bond donors (Lipinski definition) is 0. The van der Waals surface area contributed by atoms with Crippen LogP contribution in [0.3, 0.4) is 0 Å². The second kappa shape index (κ2) is 11.7. The zero-order valence-corrected chi connectivity index (χ0v) is 17.3. The number of benzene rings is 1. The Hall–Kier alpha value is -1.97. The fourth-order valence-corrected chi connectivity index (χ4v) is 3.34. The maximum atomic E-state index is 12.5. The first kappa shape index (κ1) is 21.3. The van der Waals surface area contributed by atoms with E-state index in [0.717, 1.165) is 17.6 Å². The lowest BCUT2D eigenvalue weighted by Crippen LogP contribution is -2.30. The van der Waals surface area contributed by atoms with Gasteiger partial charge < -0.3 is 14.1 Å². The maximum Gasteiger partial charge on any atom is 0.289 e. The molecule has 0 aliphatic carbocycles. The Labute approximate surface area is 163 Å². The zero-order valence-electron chi connectivity index (χ0n) is 17.3. The number of furan rings is 1. The Bertz CT molecular complexity index is 688. The molecule has 1 amide bonds. The fraction of sp³-hybridized carbons (Fsp3) is 0.609. The predicted molar refractivity (Wildman–Crippen MR) is 112 cm³/mol. The van der Waals surface area contributed by atoms with E-state index < -0.39 is 0 Å². The van der Waals surface area contributed by atoms with Gasteiger partial charge in [0.2, 0.25) is 0 Å². The largest absolute Gasteiger partial charge is 0.490 e. The van der Waals surface area contributed by atoms with Crippen molar-refractivity contribution in [1.29, 1.82) is 0 Å². The van der Waals surface area contributed by atoms with Crippen LogP contribution in [-0.2, 0) is 0 Å². The molecule has 2 aromatic rings. The van der Waals surface area contributed by atoms with Crippen molar-refractivity contribution in [3.8, 4) is 5.75 Å². The number of unbranched alkanes of at least 4 members (excludes halogenated alkanes) is 7. The number of carbonyl (C=O) groups is 1. The Morgan fingerprint density at radius 1 is 0.963 bits per heavy atom. The summed E-state index contributed by atoms with van der Waals surface area (Å²) in [5, 5.41) is 0.916. The molecular formula is C23H35NO3. The molecule has 4 nitrogen and oxygen atoms in total. The Morgan fingerprint density at radius 3 is 2.30 bits per heavy atom. The van der Waals surface area contributed by atoms with E-state index in [-0.39, 0.29) is 5.91 Å². The van der Waals surface area contributed by atoms with E-state index in [0.29, 0.717) is 31.0 Å². The summed E-state index contributed by atoms with van der Waals surface area (Å²) in [6, 6.07) is 7.65. The molecule has 150 valence electrons. The molecule has 0 saturated heterocycles. The average Bonchev–Trinajstić information content (AvgIpc) is 3.12. The Balaban J connectivity index is 1.85. The van der Waals surface area contributed by atoms with Gasteiger partial charge in [0, 0.05) is 18.5 Å². The molecule has 1 aromatic carbocycles. The average molecular weight is 374 g/mol. The molecule has 27 heavy (non-hydrogen) atoms. The third kappa shape index (κ3) is 6.30. The smallest absolute Gasteiger partial charge is 0.289 e. The topological polar surface area (TPSA) is 42.7 Å². The second-order valence-electron chi connectivity index (χ2n) is 7.09. The molecule has 0 fully saturated rings. The van der Waals surface area contributed by atoms with Crippen molar-refractivity contribution in [3.63, 3.8) is 0 Å². The van der Waals surface area contributed by atoms with Crippen LogP contribution in [0.15, 0.2) is 28.7 Å². The van der Waals surface area contributed by atoms with Gasteiger partial charge in [-0.15, -0.1) is 0 Å². The van der Waals surface area contributed by atoms with Gasteiger partial charge in [-0.05, 0) is 32.4 Å². The second-order valence-corrected chi connectivity index (χ2v) is 7.09. The molecule has 0 unspecified atom stereocenters. The third-order valence-electron chi connectivity index (χ3n) is 5.02. The SMILES string of the molecule is CCCCCCCCCCOc1cccc2cc(C(=O)N(CC)CC)oc12. The van der Waals surface area contributed by atoms with Crippen LogP contribution in [0, 0.1) is 0 Å². The van der Waals surface area contributed by atoms with Gasteiger partial charge in [-0.1, -0.05) is 64.0 Å². The standard InChI is InChI=1S/C23H35NO3/c1-4-7-8-9-10-11-12-13-17-26-20-16-14-15-19-18-21(27-22(19)20)23(25)24(5-2)6-3/h14-16,18H,4-13,17H2,1-3H3. The van der Waals surface area contributed by atoms with Gasteiger partial charge in [0.05, 0.1) is 6.61 Å². The number of carbonyl (C=O) groups excluding carboxylic acids is 1. The number of rotatable bonds is 13. The van der Waals surface area contributed by atoms with Gasteiger partial charge >= 0.3 is 0 Å². The van der Waals surface area contributed by atoms with Crippen LogP contribution >= 0.6 is 0 Å². The number of para-hydroxylation sites is 1. The first-order valence-corrected chi connectivity index (χ1v) is 10.7. The van der Waals surface area contributed by atoms with Crippen LogP contribution in [-0.4, -0.2) is 30.5 Å². The van der Waals surface area contributed by atoms with Crippen LogP contribution < -0.4 is 4.74 Å². The van der Waals surface area contributed by atoms with Gasteiger partial charge in [-0.25, -0.2) is 0 Å². The van der Waals surface area contributed by atoms with E-state index in [1.165, 1.54) is 44.9 Å². The minimum atomic E-state index is -0.0646. The van der Waals surface area contributed by atoms with E-state index in [1.54, 1.807) is 4.90 Å². The first-order chi connectivity index (χ1) is 13.2. The summed E-state index contributed by atoms with van der Waals surface area (Å²) in [7, 11) is 0. The highest BCUT2D eigenvalue weighted by molar-refractivity contribution is 5.97. The number of ether oxygens (including phenoxy) is 1. The molecule has 0 N–H and O–H groups in total. The number of fused-ring (bicyclic) bond motifs is 1. The predicted octanol–water partition coefficient (Wildman–Crippen LogP) is 6.43. The monoisotopic (exact) mass is 373 g/mol. The van der Waals surface area contributed by atoms with Crippen LogP contribution in [0.5, 0.6) is 5.75 Å². The number of nitrogens with zero attached hydrogens (tertiary/aromatic N) is 1. The molecule has 0 aliphatic rings. The molecule has 1 aromatic heterocycles. The van der Waals surface area contributed by atoms with Crippen molar-refractivity contribution in [2.75, 3.05) is 19.7 Å². The summed E-state index contributed by atoms with van der Waals surface area (Å²) in [5.41, 5.74) is 0.674. The molecule has 0 spiro atoms. The molecule has 0 radical (unpaired) electrons. The van der Waals surface area contributed by atoms with Crippen molar-refractivity contribution in [2.24, 2.45) is 0 Å². The summed E-state index contributed by atoms with van der Waals surface area (Å²) in [5.74, 6) is 1.05. The zero-order chi connectivity index (χ0) is 19.5. The highest BCUT2D eigenvalue weighted by atomic mass is 16.5. The summed E-state index contributed by atoms with van der Waals surface area (Å²) in [4.78, 5) is 14.3. The van der Waals surface area contributed by atoms with Crippen LogP contribution in [0.2, 0.25) is 0 Å². The molecular weight excluding hydrogens is 338 g/mol. The van der Waals surface area contributed by atoms with E-state index in [4.69, 9.17) is 9.15 Å². The quantitative estimate of drug-likeness (QED) is 0.380. The maximum absolute atomic E-state index is 12.5. The molecule has 0 aliphatic heterocycles. The van der Waals surface area contributed by atoms with Crippen molar-refractivity contribution < 1.29 is 13.9 Å². The summed E-state index contributed by atoms with van der Waals surface area (Å²) in [6.07, 6.45) is 10.2. The van der Waals surface area contributed by atoms with E-state index >= 15 is 0 Å². The fourth-order valence-electron chi connectivity index (χ4n) is 3.34. The van der Waals surface area contributed by atoms with Crippen LogP contribution in [0.25, 0.3) is 11.0 Å². The summed E-state index contributed by atoms with van der Waals surface area (Å²) >= 11 is 0. The Kier molecular flexibility index (Phi) is 9.23. The lowest BCUT2D eigenvalue weighted by Gasteiger charge is -2.16. The van der Waals surface area contributed by atoms with Gasteiger partial charge in [0.25, 0.3) is 5.91 Å². The van der Waals surface area contributed by atoms with Crippen LogP contribution in [0.1, 0.15) is 82.7 Å². The highest BCUT2D eigenvalue weighted by Crippen LogP contribution is 2.29. The van der Waals surface area contributed by atoms with Crippen molar-refractivity contribution in [2.45, 2.75) is 72.1 Å². The highest BCUT2D eigenvalue weighted by Gasteiger charge is 2.18. The van der Waals surface area contributed by atoms with Crippen LogP contribution in [0.4, 0.5) is 0 Å². The number of amides is 1. The molecule has 1 heterocycles. The molecule has 4 heteroatoms. The van der Waals surface area contributed by atoms with E-state index in [9.17, 15) is 4.79 Å². The van der Waals surface area contributed by atoms with Gasteiger partial charge in [-0.3, -0.25) is 4.79 Å². The summed E-state index contributed by atoms with van der Waals surface area (Å²) in [6.45, 7) is 8.24. The molecule has 0 saturated carbocycles. The minimum absolute atomic E-state index is 0.0646. The van der Waals surface area contributed by atoms with E-state index in [1.807, 2.05) is 38.1 Å². The van der Waals surface area contributed by atoms with Crippen molar-refractivity contribution in [1.82, 2.24) is 4.90 Å². The Morgan fingerprint density at radius 2 is 1.63 bits per heavy atom. The number of hydrogen-bond acceptors (Lipinski definition) is 3. The summed E-state index contributed by atoms with van der Waals surface area (Å²) < 4.78 is 11.8. The van der Waals surface area contributed by atoms with Gasteiger partial charge in [-0.2, -0.15) is 0 Å². The van der Waals surface area contributed by atoms with Gasteiger partial charge in [0.15, 0.2) is 17.1 Å². The lowest BCUT2D eigenvalue weighted by atomic mass is 10.1. The lowest BCUT2D eigenvalue weighted by molar-refractivity contribution is 0.0743. The molecule has 0 bridgehead atoms. The van der Waals surface area contributed by atoms with Crippen molar-refractivity contribution in [3.05, 3.63) is 30.0 Å².